The fourth-order valence-electron chi connectivity index (χ4n) is 7.31. The summed E-state index contributed by atoms with van der Waals surface area (Å²) in [7, 11) is 0. The molecule has 0 fully saturated rings. The van der Waals surface area contributed by atoms with E-state index in [1.807, 2.05) is 27.7 Å². The molecule has 53 heavy (non-hydrogen) atoms. The van der Waals surface area contributed by atoms with Gasteiger partial charge in [-0.05, 0) is 138 Å². The highest BCUT2D eigenvalue weighted by molar-refractivity contribution is 5.96. The zero-order chi connectivity index (χ0) is 38.7. The molecule has 0 N–H and O–H groups in total. The van der Waals surface area contributed by atoms with Gasteiger partial charge in [0.05, 0.1) is 13.2 Å². The zero-order valence-corrected chi connectivity index (χ0v) is 32.8. The lowest BCUT2D eigenvalue weighted by Gasteiger charge is -2.34. The van der Waals surface area contributed by atoms with Crippen LogP contribution >= 0.6 is 0 Å². The minimum Gasteiger partial charge on any atom is -0.488 e. The molecule has 5 rings (SSSR count). The van der Waals surface area contributed by atoms with Crippen LogP contribution in [0.2, 0.25) is 0 Å². The number of carbonyl (C=O) groups excluding carboxylic acids is 2. The number of rotatable bonds is 18. The third-order valence-electron chi connectivity index (χ3n) is 10.6. The van der Waals surface area contributed by atoms with Gasteiger partial charge in [0.2, 0.25) is 0 Å². The van der Waals surface area contributed by atoms with Gasteiger partial charge in [0, 0.05) is 18.3 Å². The molecule has 1 aliphatic rings. The molecule has 0 heterocycles. The Kier molecular flexibility index (Phi) is 11.6. The molecule has 0 aromatic heterocycles. The van der Waals surface area contributed by atoms with Crippen LogP contribution in [0.4, 0.5) is 0 Å². The summed E-state index contributed by atoms with van der Waals surface area (Å²) in [6, 6.07) is 30.2. The number of fused-ring (bicyclic) bond motifs is 3. The van der Waals surface area contributed by atoms with Crippen molar-refractivity contribution in [2.75, 3.05) is 13.2 Å². The van der Waals surface area contributed by atoms with Gasteiger partial charge in [-0.3, -0.25) is 9.59 Å². The fourth-order valence-corrected chi connectivity index (χ4v) is 7.31. The lowest BCUT2D eigenvalue weighted by Crippen LogP contribution is -2.37. The summed E-state index contributed by atoms with van der Waals surface area (Å²) in [5, 5.41) is 2.55. The first kappa shape index (κ1) is 39.7. The molecule has 0 atom stereocenters. The summed E-state index contributed by atoms with van der Waals surface area (Å²) in [4.78, 5) is 24.3. The third kappa shape index (κ3) is 8.83. The summed E-state index contributed by atoms with van der Waals surface area (Å²) in [6.45, 7) is 23.1. The van der Waals surface area contributed by atoms with Gasteiger partial charge in [-0.1, -0.05) is 73.8 Å². The van der Waals surface area contributed by atoms with Crippen molar-refractivity contribution in [2.45, 2.75) is 109 Å². The van der Waals surface area contributed by atoms with Crippen LogP contribution in [0.5, 0.6) is 11.5 Å². The highest BCUT2D eigenvalue weighted by Gasteiger charge is 2.43. The van der Waals surface area contributed by atoms with Gasteiger partial charge in [0.1, 0.15) is 33.9 Å². The van der Waals surface area contributed by atoms with Crippen LogP contribution in [0.15, 0.2) is 110 Å². The fraction of sp³-hybridized carbons (Fsp3) is 0.404. The second-order valence-electron chi connectivity index (χ2n) is 16.3. The van der Waals surface area contributed by atoms with E-state index in [0.717, 1.165) is 24.3 Å². The van der Waals surface area contributed by atoms with E-state index in [4.69, 9.17) is 18.9 Å². The maximum Gasteiger partial charge on any atom is 0.186 e. The first-order chi connectivity index (χ1) is 24.9. The number of ether oxygens (including phenoxy) is 4. The molecular formula is C47H56O6. The van der Waals surface area contributed by atoms with Crippen LogP contribution in [0, 0.1) is 0 Å². The molecule has 0 radical (unpaired) electrons. The average Bonchev–Trinajstić information content (AvgIpc) is 3.51. The summed E-state index contributed by atoms with van der Waals surface area (Å²) in [5.41, 5.74) is 1.88. The van der Waals surface area contributed by atoms with E-state index in [1.54, 1.807) is 27.7 Å². The van der Waals surface area contributed by atoms with Crippen molar-refractivity contribution in [2.24, 2.45) is 0 Å². The van der Waals surface area contributed by atoms with E-state index in [1.165, 1.54) is 45.2 Å². The monoisotopic (exact) mass is 716 g/mol. The van der Waals surface area contributed by atoms with Crippen LogP contribution in [-0.4, -0.2) is 47.2 Å². The Balaban J connectivity index is 1.39. The Morgan fingerprint density at radius 1 is 0.642 bits per heavy atom. The van der Waals surface area contributed by atoms with Crippen LogP contribution in [0.1, 0.15) is 96.9 Å². The maximum absolute atomic E-state index is 12.2. The first-order valence-electron chi connectivity index (χ1n) is 18.6. The van der Waals surface area contributed by atoms with Crippen LogP contribution in [-0.2, 0) is 30.9 Å². The predicted molar refractivity (Wildman–Crippen MR) is 214 cm³/mol. The van der Waals surface area contributed by atoms with Gasteiger partial charge in [0.25, 0.3) is 0 Å². The van der Waals surface area contributed by atoms with Crippen molar-refractivity contribution in [1.82, 2.24) is 0 Å². The number of carbonyl (C=O) groups is 2. The zero-order valence-electron chi connectivity index (χ0n) is 32.8. The normalized spacial score (nSPS) is 14.4. The molecule has 0 amide bonds. The molecule has 0 bridgehead atoms. The number of benzene rings is 4. The number of hydrogen-bond acceptors (Lipinski definition) is 6. The second kappa shape index (κ2) is 15.5. The van der Waals surface area contributed by atoms with Gasteiger partial charge in [-0.2, -0.15) is 0 Å². The molecule has 280 valence electrons. The molecule has 0 spiro atoms. The summed E-state index contributed by atoms with van der Waals surface area (Å²) >= 11 is 0. The molecule has 4 aromatic rings. The highest BCUT2D eigenvalue weighted by Crippen LogP contribution is 2.51. The lowest BCUT2D eigenvalue weighted by atomic mass is 9.70. The van der Waals surface area contributed by atoms with Crippen molar-refractivity contribution < 1.29 is 28.5 Å². The lowest BCUT2D eigenvalue weighted by molar-refractivity contribution is -0.136. The van der Waals surface area contributed by atoms with Crippen LogP contribution in [0.3, 0.4) is 0 Å². The number of hydrogen-bond donors (Lipinski definition) is 0. The third-order valence-corrected chi connectivity index (χ3v) is 10.6. The van der Waals surface area contributed by atoms with Crippen molar-refractivity contribution >= 4 is 22.3 Å². The number of aryl methyl sites for hydroxylation is 1. The smallest absolute Gasteiger partial charge is 0.186 e. The molecule has 0 aliphatic heterocycles. The van der Waals surface area contributed by atoms with Crippen molar-refractivity contribution in [3.05, 3.63) is 132 Å². The van der Waals surface area contributed by atoms with Crippen LogP contribution in [0.25, 0.3) is 10.8 Å². The maximum atomic E-state index is 12.2. The van der Waals surface area contributed by atoms with Crippen molar-refractivity contribution in [3.8, 4) is 11.5 Å². The van der Waals surface area contributed by atoms with Crippen molar-refractivity contribution in [3.63, 3.8) is 0 Å². The quantitative estimate of drug-likeness (QED) is 0.0955. The predicted octanol–water partition coefficient (Wildman–Crippen LogP) is 10.3. The van der Waals surface area contributed by atoms with E-state index in [-0.39, 0.29) is 17.0 Å². The molecule has 0 unspecified atom stereocenters. The topological polar surface area (TPSA) is 71.1 Å². The Bertz CT molecular complexity index is 1850. The molecule has 0 saturated carbocycles. The first-order valence-corrected chi connectivity index (χ1v) is 18.6. The molecule has 0 saturated heterocycles. The highest BCUT2D eigenvalue weighted by atomic mass is 16.5. The Morgan fingerprint density at radius 3 is 1.55 bits per heavy atom. The largest absolute Gasteiger partial charge is 0.488 e. The van der Waals surface area contributed by atoms with E-state index < -0.39 is 22.4 Å². The molecule has 6 heteroatoms. The van der Waals surface area contributed by atoms with Gasteiger partial charge < -0.3 is 18.9 Å². The standard InChI is InChI=1S/C47H56O6/c1-11-41(48)45(7,8)50-31-29-43(3,4)52-36-22-18-34(19-23-36)47(28-27-39-38-16-14-13-15-33(38)17-26-40(39)47)35-20-24-37(25-21-35)53-44(5,6)30-32-51-46(9,10)42(49)12-2/h11-26H,1-2,27-32H2,3-10H3. The Labute approximate surface area is 316 Å². The average molecular weight is 717 g/mol. The van der Waals surface area contributed by atoms with E-state index in [2.05, 4.69) is 98.1 Å². The Morgan fingerprint density at radius 2 is 1.09 bits per heavy atom. The molecular weight excluding hydrogens is 661 g/mol. The summed E-state index contributed by atoms with van der Waals surface area (Å²) in [6.07, 6.45) is 5.72. The van der Waals surface area contributed by atoms with E-state index in [0.29, 0.717) is 26.1 Å². The van der Waals surface area contributed by atoms with E-state index >= 15 is 0 Å². The minimum atomic E-state index is -0.919. The second-order valence-corrected chi connectivity index (χ2v) is 16.3. The van der Waals surface area contributed by atoms with Gasteiger partial charge in [0.15, 0.2) is 11.6 Å². The Hall–Kier alpha value is -4.52. The number of ketones is 2. The van der Waals surface area contributed by atoms with Gasteiger partial charge in [-0.25, -0.2) is 0 Å². The van der Waals surface area contributed by atoms with Gasteiger partial charge >= 0.3 is 0 Å². The molecule has 4 aromatic carbocycles. The molecule has 1 aliphatic carbocycles. The van der Waals surface area contributed by atoms with Crippen molar-refractivity contribution in [1.29, 1.82) is 0 Å². The summed E-state index contributed by atoms with van der Waals surface area (Å²) in [5.74, 6) is 1.27. The SMILES string of the molecule is C=CC(=O)C(C)(C)OCCC(C)(C)Oc1ccc(C2(c3ccc(OC(C)(C)CCOC(C)(C)C(=O)C=C)cc3)CCc3c2ccc2ccccc32)cc1. The minimum absolute atomic E-state index is 0.141. The summed E-state index contributed by atoms with van der Waals surface area (Å²) < 4.78 is 24.8. The van der Waals surface area contributed by atoms with Gasteiger partial charge in [-0.15, -0.1) is 0 Å². The molecule has 6 nitrogen and oxygen atoms in total. The van der Waals surface area contributed by atoms with Crippen LogP contribution < -0.4 is 9.47 Å². The van der Waals surface area contributed by atoms with E-state index in [9.17, 15) is 9.59 Å².